The summed E-state index contributed by atoms with van der Waals surface area (Å²) in [7, 11) is 0. The molecule has 0 saturated heterocycles. The monoisotopic (exact) mass is 259 g/mol. The Bertz CT molecular complexity index is 491. The summed E-state index contributed by atoms with van der Waals surface area (Å²) in [5, 5.41) is 8.45. The highest BCUT2D eigenvalue weighted by Crippen LogP contribution is 2.11. The van der Waals surface area contributed by atoms with E-state index in [9.17, 15) is 4.79 Å². The number of benzene rings is 1. The molecule has 1 aromatic rings. The minimum Gasteiger partial charge on any atom is -0.493 e. The first-order valence-electron chi connectivity index (χ1n) is 5.44. The molecule has 4 heteroatoms. The molecule has 3 nitrogen and oxygen atoms in total. The van der Waals surface area contributed by atoms with Gasteiger partial charge in [0.05, 0.1) is 18.2 Å². The van der Waals surface area contributed by atoms with Crippen molar-refractivity contribution >= 4 is 16.9 Å². The molecule has 1 aromatic carbocycles. The van der Waals surface area contributed by atoms with Crippen molar-refractivity contribution in [1.82, 2.24) is 0 Å². The summed E-state index contributed by atoms with van der Waals surface area (Å²) < 4.78 is 5.34. The summed E-state index contributed by atoms with van der Waals surface area (Å²) in [5.41, 5.74) is 0.881. The highest BCUT2D eigenvalue weighted by Gasteiger charge is 1.93. The highest BCUT2D eigenvalue weighted by atomic mass is 32.2. The number of nitriles is 1. The van der Waals surface area contributed by atoms with Crippen molar-refractivity contribution in [3.05, 3.63) is 29.8 Å². The van der Waals surface area contributed by atoms with Crippen LogP contribution in [0, 0.1) is 23.2 Å². The van der Waals surface area contributed by atoms with Gasteiger partial charge in [-0.2, -0.15) is 5.26 Å². The molecule has 92 valence electrons. The van der Waals surface area contributed by atoms with E-state index in [2.05, 4.69) is 11.8 Å². The maximum absolute atomic E-state index is 10.7. The molecule has 0 spiro atoms. The number of ether oxygens (including phenoxy) is 1. The van der Waals surface area contributed by atoms with Crippen LogP contribution in [0.3, 0.4) is 0 Å². The van der Waals surface area contributed by atoms with Gasteiger partial charge in [-0.15, -0.1) is 0 Å². The molecule has 0 saturated carbocycles. The largest absolute Gasteiger partial charge is 0.493 e. The van der Waals surface area contributed by atoms with E-state index in [0.717, 1.165) is 11.3 Å². The first-order valence-corrected chi connectivity index (χ1v) is 6.43. The summed E-state index contributed by atoms with van der Waals surface area (Å²) in [5.74, 6) is 7.12. The fourth-order valence-corrected chi connectivity index (χ4v) is 1.47. The van der Waals surface area contributed by atoms with Crippen LogP contribution in [0.25, 0.3) is 0 Å². The Labute approximate surface area is 111 Å². The molecule has 0 aliphatic heterocycles. The molecule has 0 aromatic heterocycles. The van der Waals surface area contributed by atoms with Crippen molar-refractivity contribution in [2.24, 2.45) is 0 Å². The van der Waals surface area contributed by atoms with Crippen molar-refractivity contribution in [2.45, 2.75) is 13.3 Å². The van der Waals surface area contributed by atoms with Gasteiger partial charge in [0.25, 0.3) is 0 Å². The minimum atomic E-state index is 0.0746. The molecular formula is C14H13NO2S. The van der Waals surface area contributed by atoms with Crippen molar-refractivity contribution in [3.8, 4) is 23.7 Å². The molecule has 0 N–H and O–H groups in total. The average molecular weight is 259 g/mol. The fourth-order valence-electron chi connectivity index (χ4n) is 1.12. The van der Waals surface area contributed by atoms with Gasteiger partial charge in [-0.3, -0.25) is 4.79 Å². The van der Waals surface area contributed by atoms with E-state index in [-0.39, 0.29) is 5.12 Å². The second-order valence-corrected chi connectivity index (χ2v) is 4.52. The predicted octanol–water partition coefficient (Wildman–Crippen LogP) is 2.61. The van der Waals surface area contributed by atoms with E-state index in [1.807, 2.05) is 30.3 Å². The summed E-state index contributed by atoms with van der Waals surface area (Å²) in [6.07, 6.45) is 0.379. The standard InChI is InChI=1S/C14H13NO2S/c1-12(16)18-11-2-4-13-5-7-14(8-6-13)17-10-3-9-15/h5-8H,3,10-11H2,1H3. The average Bonchev–Trinajstić information content (AvgIpc) is 2.36. The van der Waals surface area contributed by atoms with Crippen LogP contribution in [0.15, 0.2) is 24.3 Å². The molecule has 0 amide bonds. The lowest BCUT2D eigenvalue weighted by Crippen LogP contribution is -1.95. The highest BCUT2D eigenvalue weighted by molar-refractivity contribution is 8.13. The predicted molar refractivity (Wildman–Crippen MR) is 72.2 cm³/mol. The smallest absolute Gasteiger partial charge is 0.186 e. The second-order valence-electron chi connectivity index (χ2n) is 3.36. The molecular weight excluding hydrogens is 246 g/mol. The van der Waals surface area contributed by atoms with Crippen LogP contribution >= 0.6 is 11.8 Å². The van der Waals surface area contributed by atoms with Crippen LogP contribution in [0.1, 0.15) is 18.9 Å². The van der Waals surface area contributed by atoms with Gasteiger partial charge in [-0.25, -0.2) is 0 Å². The van der Waals surface area contributed by atoms with E-state index >= 15 is 0 Å². The van der Waals surface area contributed by atoms with Gasteiger partial charge in [0, 0.05) is 12.5 Å². The van der Waals surface area contributed by atoms with Crippen molar-refractivity contribution in [3.63, 3.8) is 0 Å². The van der Waals surface area contributed by atoms with Gasteiger partial charge in [-0.05, 0) is 24.3 Å². The zero-order valence-electron chi connectivity index (χ0n) is 10.1. The zero-order chi connectivity index (χ0) is 13.2. The molecule has 0 fully saturated rings. The number of nitrogens with zero attached hydrogens (tertiary/aromatic N) is 1. The van der Waals surface area contributed by atoms with E-state index in [1.165, 1.54) is 18.7 Å². The van der Waals surface area contributed by atoms with Crippen molar-refractivity contribution < 1.29 is 9.53 Å². The van der Waals surface area contributed by atoms with Gasteiger partial charge < -0.3 is 4.74 Å². The van der Waals surface area contributed by atoms with Gasteiger partial charge in [0.15, 0.2) is 5.12 Å². The van der Waals surface area contributed by atoms with E-state index in [0.29, 0.717) is 18.8 Å². The fraction of sp³-hybridized carbons (Fsp3) is 0.286. The minimum absolute atomic E-state index is 0.0746. The topological polar surface area (TPSA) is 50.1 Å². The Kier molecular flexibility index (Phi) is 6.46. The zero-order valence-corrected chi connectivity index (χ0v) is 10.9. The quantitative estimate of drug-likeness (QED) is 0.616. The Morgan fingerprint density at radius 1 is 1.39 bits per heavy atom. The molecule has 0 radical (unpaired) electrons. The lowest BCUT2D eigenvalue weighted by molar-refractivity contribution is -0.109. The number of carbonyl (C=O) groups is 1. The number of hydrogen-bond donors (Lipinski definition) is 0. The maximum atomic E-state index is 10.7. The van der Waals surface area contributed by atoms with Crippen molar-refractivity contribution in [2.75, 3.05) is 12.4 Å². The molecule has 1 rings (SSSR count). The number of carbonyl (C=O) groups excluding carboxylic acids is 1. The van der Waals surface area contributed by atoms with Crippen LogP contribution in [-0.4, -0.2) is 17.5 Å². The molecule has 0 heterocycles. The van der Waals surface area contributed by atoms with Gasteiger partial charge in [0.2, 0.25) is 0 Å². The third-order valence-corrected chi connectivity index (χ3v) is 2.61. The SMILES string of the molecule is CC(=O)SCC#Cc1ccc(OCCC#N)cc1. The van der Waals surface area contributed by atoms with Gasteiger partial charge in [0.1, 0.15) is 12.4 Å². The van der Waals surface area contributed by atoms with Crippen LogP contribution in [0.2, 0.25) is 0 Å². The third-order valence-electron chi connectivity index (χ3n) is 1.92. The van der Waals surface area contributed by atoms with Crippen molar-refractivity contribution in [1.29, 1.82) is 5.26 Å². The Balaban J connectivity index is 2.45. The van der Waals surface area contributed by atoms with Gasteiger partial charge >= 0.3 is 0 Å². The van der Waals surface area contributed by atoms with Gasteiger partial charge in [-0.1, -0.05) is 23.6 Å². The number of hydrogen-bond acceptors (Lipinski definition) is 4. The maximum Gasteiger partial charge on any atom is 0.186 e. The second kappa shape index (κ2) is 8.22. The Morgan fingerprint density at radius 2 is 2.11 bits per heavy atom. The van der Waals surface area contributed by atoms with E-state index in [4.69, 9.17) is 10.00 Å². The number of thioether (sulfide) groups is 1. The summed E-state index contributed by atoms with van der Waals surface area (Å²) >= 11 is 1.20. The summed E-state index contributed by atoms with van der Waals surface area (Å²) in [6.45, 7) is 1.93. The molecule has 0 atom stereocenters. The third kappa shape index (κ3) is 5.98. The number of rotatable bonds is 4. The van der Waals surface area contributed by atoms with Crippen LogP contribution < -0.4 is 4.74 Å². The Morgan fingerprint density at radius 3 is 2.72 bits per heavy atom. The van der Waals surface area contributed by atoms with Crippen LogP contribution in [0.5, 0.6) is 5.75 Å². The van der Waals surface area contributed by atoms with E-state index < -0.39 is 0 Å². The van der Waals surface area contributed by atoms with Crippen LogP contribution in [-0.2, 0) is 4.79 Å². The normalized spacial score (nSPS) is 8.89. The molecule has 18 heavy (non-hydrogen) atoms. The lowest BCUT2D eigenvalue weighted by Gasteiger charge is -2.02. The Hall–Kier alpha value is -1.91. The first kappa shape index (κ1) is 14.2. The summed E-state index contributed by atoms with van der Waals surface area (Å²) in [4.78, 5) is 10.7. The molecule has 0 aliphatic carbocycles. The molecule has 0 aliphatic rings. The molecule has 0 unspecified atom stereocenters. The van der Waals surface area contributed by atoms with E-state index in [1.54, 1.807) is 0 Å². The lowest BCUT2D eigenvalue weighted by atomic mass is 10.2. The summed E-state index contributed by atoms with van der Waals surface area (Å²) in [6, 6.07) is 9.36. The molecule has 0 bridgehead atoms. The van der Waals surface area contributed by atoms with Crippen LogP contribution in [0.4, 0.5) is 0 Å². The first-order chi connectivity index (χ1) is 8.72.